The fourth-order valence-electron chi connectivity index (χ4n) is 2.61. The van der Waals surface area contributed by atoms with Crippen LogP contribution < -0.4 is 0 Å². The maximum absolute atomic E-state index is 11.7. The molecule has 0 aromatic rings. The highest BCUT2D eigenvalue weighted by atomic mass is 16.5. The zero-order valence-corrected chi connectivity index (χ0v) is 10.7. The normalized spacial score (nSPS) is 27.6. The van der Waals surface area contributed by atoms with Crippen molar-refractivity contribution in [2.24, 2.45) is 5.41 Å². The Hall–Kier alpha value is -0.870. The smallest absolute Gasteiger partial charge is 0.333 e. The van der Waals surface area contributed by atoms with Crippen LogP contribution in [0.3, 0.4) is 0 Å². The largest absolute Gasteiger partial charge is 0.466 e. The summed E-state index contributed by atoms with van der Waals surface area (Å²) in [6, 6.07) is 0. The van der Waals surface area contributed by atoms with E-state index in [4.69, 9.17) is 14.2 Å². The van der Waals surface area contributed by atoms with Crippen LogP contribution in [0.4, 0.5) is 0 Å². The van der Waals surface area contributed by atoms with Crippen molar-refractivity contribution in [1.29, 1.82) is 0 Å². The van der Waals surface area contributed by atoms with Crippen molar-refractivity contribution in [1.82, 2.24) is 0 Å². The summed E-state index contributed by atoms with van der Waals surface area (Å²) >= 11 is 0. The van der Waals surface area contributed by atoms with Crippen molar-refractivity contribution in [2.45, 2.75) is 32.8 Å². The standard InChI is InChI=1S/C13H20O4/c1-4-13(7-16-8-13)11(10-5-6-17-10)9(2)12(14)15-3/h10H,4-8H2,1-3H3. The number of hydrogen-bond donors (Lipinski definition) is 0. The van der Waals surface area contributed by atoms with Gasteiger partial charge in [-0.2, -0.15) is 0 Å². The summed E-state index contributed by atoms with van der Waals surface area (Å²) in [6.07, 6.45) is 2.04. The Morgan fingerprint density at radius 1 is 1.47 bits per heavy atom. The minimum absolute atomic E-state index is 0.0106. The Morgan fingerprint density at radius 3 is 2.41 bits per heavy atom. The van der Waals surface area contributed by atoms with E-state index < -0.39 is 0 Å². The van der Waals surface area contributed by atoms with Crippen LogP contribution in [0.15, 0.2) is 11.1 Å². The SMILES string of the molecule is CCC1(C(=C(C)C(=O)OC)C2CCO2)COC1. The van der Waals surface area contributed by atoms with Crippen LogP contribution in [0.5, 0.6) is 0 Å². The van der Waals surface area contributed by atoms with E-state index in [1.807, 2.05) is 6.92 Å². The monoisotopic (exact) mass is 240 g/mol. The molecule has 2 aliphatic rings. The van der Waals surface area contributed by atoms with Crippen LogP contribution in [-0.4, -0.2) is 39.0 Å². The first-order valence-electron chi connectivity index (χ1n) is 6.13. The Labute approximate surface area is 102 Å². The van der Waals surface area contributed by atoms with E-state index in [1.54, 1.807) is 0 Å². The molecule has 0 radical (unpaired) electrons. The Morgan fingerprint density at radius 2 is 2.12 bits per heavy atom. The zero-order valence-electron chi connectivity index (χ0n) is 10.7. The van der Waals surface area contributed by atoms with Crippen LogP contribution in [0.2, 0.25) is 0 Å². The maximum atomic E-state index is 11.7. The second-order valence-corrected chi connectivity index (χ2v) is 4.81. The number of rotatable bonds is 4. The Balaban J connectivity index is 2.33. The first-order chi connectivity index (χ1) is 8.14. The minimum Gasteiger partial charge on any atom is -0.466 e. The van der Waals surface area contributed by atoms with Gasteiger partial charge < -0.3 is 14.2 Å². The van der Waals surface area contributed by atoms with Crippen molar-refractivity contribution < 1.29 is 19.0 Å². The van der Waals surface area contributed by atoms with Gasteiger partial charge in [0.2, 0.25) is 0 Å². The number of ether oxygens (including phenoxy) is 3. The molecule has 4 heteroatoms. The van der Waals surface area contributed by atoms with Crippen LogP contribution in [-0.2, 0) is 19.0 Å². The summed E-state index contributed by atoms with van der Waals surface area (Å²) in [5.41, 5.74) is 1.79. The fourth-order valence-corrected chi connectivity index (χ4v) is 2.61. The van der Waals surface area contributed by atoms with Gasteiger partial charge in [0.05, 0.1) is 33.0 Å². The van der Waals surface area contributed by atoms with Crippen LogP contribution in [0.1, 0.15) is 26.7 Å². The van der Waals surface area contributed by atoms with E-state index in [0.717, 1.165) is 25.0 Å². The van der Waals surface area contributed by atoms with Gasteiger partial charge >= 0.3 is 5.97 Å². The van der Waals surface area contributed by atoms with Gasteiger partial charge in [0, 0.05) is 17.4 Å². The summed E-state index contributed by atoms with van der Waals surface area (Å²) in [7, 11) is 1.42. The average molecular weight is 240 g/mol. The minimum atomic E-state index is -0.254. The lowest BCUT2D eigenvalue weighted by molar-refractivity contribution is -0.139. The first kappa shape index (κ1) is 12.6. The highest BCUT2D eigenvalue weighted by Gasteiger charge is 2.46. The van der Waals surface area contributed by atoms with Gasteiger partial charge in [0.15, 0.2) is 0 Å². The Kier molecular flexibility index (Phi) is 3.54. The van der Waals surface area contributed by atoms with E-state index in [0.29, 0.717) is 18.8 Å². The Bertz CT molecular complexity index is 332. The van der Waals surface area contributed by atoms with E-state index in [9.17, 15) is 4.79 Å². The molecule has 0 spiro atoms. The average Bonchev–Trinajstić information content (AvgIpc) is 2.22. The van der Waals surface area contributed by atoms with Crippen molar-refractivity contribution in [3.05, 3.63) is 11.1 Å². The lowest BCUT2D eigenvalue weighted by Crippen LogP contribution is -2.50. The molecule has 0 aliphatic carbocycles. The lowest BCUT2D eigenvalue weighted by atomic mass is 9.70. The molecule has 0 aromatic heterocycles. The molecule has 0 bridgehead atoms. The highest BCUT2D eigenvalue weighted by molar-refractivity contribution is 5.89. The second kappa shape index (κ2) is 4.78. The van der Waals surface area contributed by atoms with Gasteiger partial charge in [-0.1, -0.05) is 6.92 Å². The summed E-state index contributed by atoms with van der Waals surface area (Å²) in [5.74, 6) is -0.254. The van der Waals surface area contributed by atoms with Crippen molar-refractivity contribution in [3.8, 4) is 0 Å². The number of carbonyl (C=O) groups excluding carboxylic acids is 1. The topological polar surface area (TPSA) is 44.8 Å². The van der Waals surface area contributed by atoms with Gasteiger partial charge in [-0.05, 0) is 18.9 Å². The lowest BCUT2D eigenvalue weighted by Gasteiger charge is -2.48. The summed E-state index contributed by atoms with van der Waals surface area (Å²) in [4.78, 5) is 11.7. The molecular formula is C13H20O4. The fraction of sp³-hybridized carbons (Fsp3) is 0.769. The molecule has 0 saturated carbocycles. The zero-order chi connectivity index (χ0) is 12.5. The molecular weight excluding hydrogens is 220 g/mol. The molecule has 0 N–H and O–H groups in total. The summed E-state index contributed by atoms with van der Waals surface area (Å²) in [6.45, 7) is 6.12. The van der Waals surface area contributed by atoms with Gasteiger partial charge in [0.1, 0.15) is 0 Å². The third kappa shape index (κ3) is 2.00. The van der Waals surface area contributed by atoms with Gasteiger partial charge in [-0.25, -0.2) is 4.79 Å². The number of carbonyl (C=O) groups is 1. The number of methoxy groups -OCH3 is 1. The molecule has 4 nitrogen and oxygen atoms in total. The van der Waals surface area contributed by atoms with Crippen LogP contribution in [0, 0.1) is 5.41 Å². The highest BCUT2D eigenvalue weighted by Crippen LogP contribution is 2.45. The van der Waals surface area contributed by atoms with Crippen LogP contribution >= 0.6 is 0 Å². The van der Waals surface area contributed by atoms with E-state index in [1.165, 1.54) is 7.11 Å². The number of hydrogen-bond acceptors (Lipinski definition) is 4. The molecule has 96 valence electrons. The predicted octanol–water partition coefficient (Wildman–Crippen LogP) is 1.69. The maximum Gasteiger partial charge on any atom is 0.333 e. The molecule has 17 heavy (non-hydrogen) atoms. The molecule has 0 aromatic carbocycles. The molecule has 2 heterocycles. The molecule has 2 aliphatic heterocycles. The third-order valence-electron chi connectivity index (χ3n) is 3.92. The van der Waals surface area contributed by atoms with Gasteiger partial charge in [-0.15, -0.1) is 0 Å². The van der Waals surface area contributed by atoms with E-state index in [2.05, 4.69) is 6.92 Å². The summed E-state index contributed by atoms with van der Waals surface area (Å²) < 4.78 is 15.7. The van der Waals surface area contributed by atoms with Crippen LogP contribution in [0.25, 0.3) is 0 Å². The van der Waals surface area contributed by atoms with Crippen molar-refractivity contribution >= 4 is 5.97 Å². The van der Waals surface area contributed by atoms with E-state index in [-0.39, 0.29) is 17.5 Å². The van der Waals surface area contributed by atoms with Crippen molar-refractivity contribution in [2.75, 3.05) is 26.9 Å². The second-order valence-electron chi connectivity index (χ2n) is 4.81. The van der Waals surface area contributed by atoms with Gasteiger partial charge in [-0.3, -0.25) is 0 Å². The molecule has 1 atom stereocenters. The summed E-state index contributed by atoms with van der Waals surface area (Å²) in [5, 5.41) is 0. The predicted molar refractivity (Wildman–Crippen MR) is 62.6 cm³/mol. The van der Waals surface area contributed by atoms with Gasteiger partial charge in [0.25, 0.3) is 0 Å². The number of esters is 1. The molecule has 2 saturated heterocycles. The molecule has 2 fully saturated rings. The molecule has 1 unspecified atom stereocenters. The molecule has 2 rings (SSSR count). The first-order valence-corrected chi connectivity index (χ1v) is 6.13. The quantitative estimate of drug-likeness (QED) is 0.554. The van der Waals surface area contributed by atoms with E-state index >= 15 is 0 Å². The van der Waals surface area contributed by atoms with Crippen molar-refractivity contribution in [3.63, 3.8) is 0 Å². The third-order valence-corrected chi connectivity index (χ3v) is 3.92. The molecule has 0 amide bonds.